The van der Waals surface area contributed by atoms with E-state index in [1.54, 1.807) is 13.8 Å². The Labute approximate surface area is 62.7 Å². The second kappa shape index (κ2) is 2.69. The van der Waals surface area contributed by atoms with E-state index in [0.717, 1.165) is 10.9 Å². The summed E-state index contributed by atoms with van der Waals surface area (Å²) in [6.07, 6.45) is 1.10. The Morgan fingerprint density at radius 2 is 2.18 bits per heavy atom. The summed E-state index contributed by atoms with van der Waals surface area (Å²) >= 11 is 0. The summed E-state index contributed by atoms with van der Waals surface area (Å²) in [4.78, 5) is 27.6. The van der Waals surface area contributed by atoms with Crippen LogP contribution in [0.5, 0.6) is 0 Å². The highest BCUT2D eigenvalue weighted by Gasteiger charge is 2.03. The van der Waals surface area contributed by atoms with Crippen LogP contribution < -0.4 is 11.4 Å². The Hall–Kier alpha value is -1.39. The molecule has 11 heavy (non-hydrogen) atoms. The van der Waals surface area contributed by atoms with Crippen LogP contribution in [0, 0.1) is 0 Å². The highest BCUT2D eigenvalue weighted by atomic mass is 16.2. The molecule has 1 rings (SSSR count). The van der Waals surface area contributed by atoms with Crippen LogP contribution in [0.4, 0.5) is 0 Å². The van der Waals surface area contributed by atoms with E-state index in [1.165, 1.54) is 0 Å². The normalized spacial score (nSPS) is 10.5. The Morgan fingerprint density at radius 1 is 1.55 bits per heavy atom. The van der Waals surface area contributed by atoms with Crippen molar-refractivity contribution in [2.45, 2.75) is 19.9 Å². The standard InChI is InChI=1S/C6H9N3O2/c1-4(2)9-5(10)7-3-8-6(9)11/h3-4H,1-2H3,(H,7,8,10,11). The van der Waals surface area contributed by atoms with Crippen molar-refractivity contribution >= 4 is 0 Å². The van der Waals surface area contributed by atoms with Crippen LogP contribution in [-0.2, 0) is 0 Å². The van der Waals surface area contributed by atoms with Gasteiger partial charge in [0.1, 0.15) is 6.33 Å². The van der Waals surface area contributed by atoms with E-state index in [2.05, 4.69) is 9.97 Å². The summed E-state index contributed by atoms with van der Waals surface area (Å²) in [5, 5.41) is 0. The molecule has 0 spiro atoms. The maximum Gasteiger partial charge on any atom is 0.353 e. The highest BCUT2D eigenvalue weighted by Crippen LogP contribution is 1.91. The lowest BCUT2D eigenvalue weighted by atomic mass is 10.4. The van der Waals surface area contributed by atoms with Gasteiger partial charge in [-0.2, -0.15) is 4.98 Å². The van der Waals surface area contributed by atoms with Crippen LogP contribution in [0.1, 0.15) is 19.9 Å². The molecule has 1 aromatic heterocycles. The number of nitrogens with one attached hydrogen (secondary N) is 1. The molecule has 0 fully saturated rings. The SMILES string of the molecule is CC(C)n1c(=O)nc[nH]c1=O. The third kappa shape index (κ3) is 1.36. The van der Waals surface area contributed by atoms with Crippen molar-refractivity contribution in [3.63, 3.8) is 0 Å². The fraction of sp³-hybridized carbons (Fsp3) is 0.500. The second-order valence-corrected chi connectivity index (χ2v) is 2.45. The van der Waals surface area contributed by atoms with Crippen molar-refractivity contribution in [1.82, 2.24) is 14.5 Å². The zero-order chi connectivity index (χ0) is 8.43. The van der Waals surface area contributed by atoms with Gasteiger partial charge < -0.3 is 0 Å². The van der Waals surface area contributed by atoms with Crippen molar-refractivity contribution in [2.24, 2.45) is 0 Å². The van der Waals surface area contributed by atoms with Gasteiger partial charge in [-0.1, -0.05) is 0 Å². The van der Waals surface area contributed by atoms with Crippen molar-refractivity contribution < 1.29 is 0 Å². The molecular weight excluding hydrogens is 146 g/mol. The summed E-state index contributed by atoms with van der Waals surface area (Å²) in [6.45, 7) is 3.50. The number of nitrogens with zero attached hydrogens (tertiary/aromatic N) is 2. The van der Waals surface area contributed by atoms with E-state index in [0.29, 0.717) is 0 Å². The van der Waals surface area contributed by atoms with Crippen molar-refractivity contribution in [3.8, 4) is 0 Å². The van der Waals surface area contributed by atoms with Crippen LogP contribution in [0.15, 0.2) is 15.9 Å². The lowest BCUT2D eigenvalue weighted by Crippen LogP contribution is -2.37. The molecule has 0 aliphatic carbocycles. The third-order valence-electron chi connectivity index (χ3n) is 1.30. The van der Waals surface area contributed by atoms with Gasteiger partial charge in [0, 0.05) is 6.04 Å². The molecule has 0 bridgehead atoms. The second-order valence-electron chi connectivity index (χ2n) is 2.45. The number of H-pyrrole nitrogens is 1. The van der Waals surface area contributed by atoms with E-state index in [1.807, 2.05) is 0 Å². The van der Waals surface area contributed by atoms with Gasteiger partial charge in [0.15, 0.2) is 0 Å². The van der Waals surface area contributed by atoms with Gasteiger partial charge in [-0.05, 0) is 13.8 Å². The van der Waals surface area contributed by atoms with Gasteiger partial charge in [-0.15, -0.1) is 0 Å². The summed E-state index contributed by atoms with van der Waals surface area (Å²) in [5.41, 5.74) is -0.927. The van der Waals surface area contributed by atoms with Gasteiger partial charge in [0.2, 0.25) is 0 Å². The predicted octanol–water partition coefficient (Wildman–Crippen LogP) is -0.487. The summed E-state index contributed by atoms with van der Waals surface area (Å²) in [6, 6.07) is -0.153. The highest BCUT2D eigenvalue weighted by molar-refractivity contribution is 4.70. The Balaban J connectivity index is 3.45. The molecule has 0 radical (unpaired) electrons. The van der Waals surface area contributed by atoms with Crippen molar-refractivity contribution in [1.29, 1.82) is 0 Å². The van der Waals surface area contributed by atoms with Crippen LogP contribution in [-0.4, -0.2) is 14.5 Å². The van der Waals surface area contributed by atoms with Crippen LogP contribution in [0.3, 0.4) is 0 Å². The molecule has 1 N–H and O–H groups in total. The molecule has 1 aromatic rings. The van der Waals surface area contributed by atoms with Gasteiger partial charge in [-0.25, -0.2) is 14.2 Å². The minimum absolute atomic E-state index is 0.153. The third-order valence-corrected chi connectivity index (χ3v) is 1.30. The van der Waals surface area contributed by atoms with E-state index in [9.17, 15) is 9.59 Å². The molecule has 0 aliphatic rings. The fourth-order valence-corrected chi connectivity index (χ4v) is 0.817. The number of hydrogen-bond donors (Lipinski definition) is 1. The first kappa shape index (κ1) is 7.71. The average molecular weight is 155 g/mol. The minimum atomic E-state index is -0.510. The van der Waals surface area contributed by atoms with Gasteiger partial charge >= 0.3 is 11.4 Å². The molecule has 0 amide bonds. The zero-order valence-electron chi connectivity index (χ0n) is 6.37. The molecule has 0 aromatic carbocycles. The van der Waals surface area contributed by atoms with E-state index in [-0.39, 0.29) is 6.04 Å². The number of aromatic nitrogens is 3. The largest absolute Gasteiger partial charge is 0.353 e. The van der Waals surface area contributed by atoms with Gasteiger partial charge in [-0.3, -0.25) is 4.98 Å². The summed E-state index contributed by atoms with van der Waals surface area (Å²) in [5.74, 6) is 0. The smallest absolute Gasteiger partial charge is 0.298 e. The molecule has 0 aliphatic heterocycles. The molecule has 60 valence electrons. The molecule has 0 atom stereocenters. The van der Waals surface area contributed by atoms with Crippen molar-refractivity contribution in [3.05, 3.63) is 27.3 Å². The molecule has 5 nitrogen and oxygen atoms in total. The molecule has 0 saturated carbocycles. The Bertz CT molecular complexity index is 321. The Kier molecular flexibility index (Phi) is 1.89. The monoisotopic (exact) mass is 155 g/mol. The topological polar surface area (TPSA) is 67.8 Å². The summed E-state index contributed by atoms with van der Waals surface area (Å²) in [7, 11) is 0. The lowest BCUT2D eigenvalue weighted by Gasteiger charge is -2.04. The van der Waals surface area contributed by atoms with E-state index >= 15 is 0 Å². The quantitative estimate of drug-likeness (QED) is 0.595. The molecule has 1 heterocycles. The lowest BCUT2D eigenvalue weighted by molar-refractivity contribution is 0.528. The zero-order valence-corrected chi connectivity index (χ0v) is 6.37. The van der Waals surface area contributed by atoms with E-state index in [4.69, 9.17) is 0 Å². The van der Waals surface area contributed by atoms with Gasteiger partial charge in [0.25, 0.3) is 0 Å². The van der Waals surface area contributed by atoms with Crippen LogP contribution in [0.2, 0.25) is 0 Å². The first-order valence-electron chi connectivity index (χ1n) is 3.29. The van der Waals surface area contributed by atoms with Gasteiger partial charge in [0.05, 0.1) is 0 Å². The molecule has 5 heteroatoms. The number of aromatic amines is 1. The summed E-state index contributed by atoms with van der Waals surface area (Å²) < 4.78 is 1.06. The Morgan fingerprint density at radius 3 is 2.55 bits per heavy atom. The maximum absolute atomic E-state index is 10.9. The first-order chi connectivity index (χ1) is 5.13. The van der Waals surface area contributed by atoms with Crippen LogP contribution >= 0.6 is 0 Å². The van der Waals surface area contributed by atoms with Crippen molar-refractivity contribution in [2.75, 3.05) is 0 Å². The first-order valence-corrected chi connectivity index (χ1v) is 3.29. The number of rotatable bonds is 1. The molecule has 0 saturated heterocycles. The molecule has 0 unspecified atom stereocenters. The predicted molar refractivity (Wildman–Crippen MR) is 39.5 cm³/mol. The maximum atomic E-state index is 10.9. The molecular formula is C6H9N3O2. The van der Waals surface area contributed by atoms with Crippen LogP contribution in [0.25, 0.3) is 0 Å². The number of hydrogen-bond acceptors (Lipinski definition) is 3. The van der Waals surface area contributed by atoms with E-state index < -0.39 is 11.4 Å². The average Bonchev–Trinajstić information content (AvgIpc) is 1.85. The minimum Gasteiger partial charge on any atom is -0.298 e. The fourth-order valence-electron chi connectivity index (χ4n) is 0.817.